The summed E-state index contributed by atoms with van der Waals surface area (Å²) < 4.78 is 13.2. The minimum atomic E-state index is -2.26. The monoisotopic (exact) mass is 423 g/mol. The maximum atomic E-state index is 13.9. The summed E-state index contributed by atoms with van der Waals surface area (Å²) in [5.74, 6) is -0.471. The lowest BCUT2D eigenvalue weighted by Crippen LogP contribution is -2.56. The van der Waals surface area contributed by atoms with Crippen molar-refractivity contribution in [1.29, 1.82) is 0 Å². The van der Waals surface area contributed by atoms with Crippen molar-refractivity contribution in [3.05, 3.63) is 111 Å². The molecule has 1 amide bonds. The standard InChI is InChI=1S/C21H17N3O5S/c25-21-19-8-4-5-9-20(19)24(28,15-17-10-12-18(13-11-17)23(26)27)30(29)22(21)14-16-6-2-1-3-7-16/h1-13H,14-15H2. The van der Waals surface area contributed by atoms with Crippen LogP contribution in [0.5, 0.6) is 0 Å². The third kappa shape index (κ3) is 3.50. The summed E-state index contributed by atoms with van der Waals surface area (Å²) in [6.07, 6.45) is 0. The Kier molecular flexibility index (Phi) is 5.17. The zero-order valence-electron chi connectivity index (χ0n) is 15.7. The predicted molar refractivity (Wildman–Crippen MR) is 113 cm³/mol. The van der Waals surface area contributed by atoms with E-state index in [-0.39, 0.29) is 30.0 Å². The fourth-order valence-electron chi connectivity index (χ4n) is 3.38. The highest BCUT2D eigenvalue weighted by atomic mass is 32.2. The van der Waals surface area contributed by atoms with Crippen molar-refractivity contribution in [1.82, 2.24) is 8.36 Å². The second-order valence-corrected chi connectivity index (χ2v) is 8.32. The maximum Gasteiger partial charge on any atom is 0.327 e. The first-order chi connectivity index (χ1) is 14.4. The van der Waals surface area contributed by atoms with Crippen LogP contribution in [0.4, 0.5) is 11.4 Å². The number of para-hydroxylation sites is 1. The third-order valence-electron chi connectivity index (χ3n) is 4.88. The van der Waals surface area contributed by atoms with Gasteiger partial charge in [0, 0.05) is 23.8 Å². The van der Waals surface area contributed by atoms with Gasteiger partial charge in [-0.1, -0.05) is 42.5 Å². The highest BCUT2D eigenvalue weighted by molar-refractivity contribution is 7.83. The molecule has 3 aromatic rings. The number of carbonyl (C=O) groups is 1. The minimum Gasteiger partial charge on any atom is -0.611 e. The average molecular weight is 423 g/mol. The van der Waals surface area contributed by atoms with E-state index in [1.807, 2.05) is 6.07 Å². The van der Waals surface area contributed by atoms with E-state index in [1.165, 1.54) is 30.3 Å². The number of hydrogen-bond acceptors (Lipinski definition) is 5. The van der Waals surface area contributed by atoms with Crippen LogP contribution < -0.4 is 4.05 Å². The van der Waals surface area contributed by atoms with Crippen LogP contribution in [0, 0.1) is 15.3 Å². The number of fused-ring (bicyclic) bond motifs is 1. The van der Waals surface area contributed by atoms with Crippen LogP contribution in [0.15, 0.2) is 78.9 Å². The summed E-state index contributed by atoms with van der Waals surface area (Å²) in [5.41, 5.74) is 1.44. The zero-order chi connectivity index (χ0) is 21.3. The summed E-state index contributed by atoms with van der Waals surface area (Å²) in [6, 6.07) is 20.9. The molecule has 0 fully saturated rings. The van der Waals surface area contributed by atoms with Crippen LogP contribution in [0.25, 0.3) is 0 Å². The molecule has 4 rings (SSSR count). The summed E-state index contributed by atoms with van der Waals surface area (Å²) in [5, 5.41) is 24.8. The van der Waals surface area contributed by atoms with Crippen LogP contribution in [0.3, 0.4) is 0 Å². The molecule has 0 aliphatic carbocycles. The van der Waals surface area contributed by atoms with E-state index in [4.69, 9.17) is 0 Å². The Morgan fingerprint density at radius 1 is 0.900 bits per heavy atom. The Morgan fingerprint density at radius 3 is 2.20 bits per heavy atom. The first-order valence-electron chi connectivity index (χ1n) is 9.10. The Balaban J connectivity index is 1.74. The summed E-state index contributed by atoms with van der Waals surface area (Å²) in [4.78, 5) is 23.4. The molecule has 0 radical (unpaired) electrons. The zero-order valence-corrected chi connectivity index (χ0v) is 16.5. The topological polar surface area (TPSA) is 104 Å². The summed E-state index contributed by atoms with van der Waals surface area (Å²) in [7, 11) is 0. The van der Waals surface area contributed by atoms with Crippen LogP contribution in [0.2, 0.25) is 0 Å². The molecule has 0 bridgehead atoms. The van der Waals surface area contributed by atoms with Gasteiger partial charge in [0.15, 0.2) is 5.69 Å². The number of nitro groups is 1. The maximum absolute atomic E-state index is 13.9. The quantitative estimate of drug-likeness (QED) is 0.268. The number of rotatable bonds is 5. The lowest BCUT2D eigenvalue weighted by molar-refractivity contribution is -0.384. The first kappa shape index (κ1) is 19.9. The molecule has 30 heavy (non-hydrogen) atoms. The number of hydrogen-bond donors (Lipinski definition) is 0. The molecular weight excluding hydrogens is 406 g/mol. The van der Waals surface area contributed by atoms with Crippen molar-refractivity contribution in [2.24, 2.45) is 0 Å². The fraction of sp³-hybridized carbons (Fsp3) is 0.0952. The molecule has 0 aromatic heterocycles. The van der Waals surface area contributed by atoms with Gasteiger partial charge in [0.2, 0.25) is 0 Å². The molecule has 0 saturated heterocycles. The Hall–Kier alpha value is -3.40. The van der Waals surface area contributed by atoms with E-state index in [1.54, 1.807) is 42.5 Å². The van der Waals surface area contributed by atoms with Crippen molar-refractivity contribution in [2.75, 3.05) is 0 Å². The minimum absolute atomic E-state index is 0.0309. The SMILES string of the molecule is O=C1c2ccccc2[N+]([O-])(Cc2ccc([N+](=O)[O-])cc2)S(=O)N1Cc1ccccc1. The Labute approximate surface area is 175 Å². The third-order valence-corrected chi connectivity index (χ3v) is 6.38. The molecule has 1 heterocycles. The number of nitrogens with zero attached hydrogens (tertiary/aromatic N) is 3. The summed E-state index contributed by atoms with van der Waals surface area (Å²) in [6.45, 7) is -0.205. The summed E-state index contributed by atoms with van der Waals surface area (Å²) >= 11 is -2.26. The highest BCUT2D eigenvalue weighted by Gasteiger charge is 2.45. The molecule has 1 aliphatic rings. The van der Waals surface area contributed by atoms with Crippen molar-refractivity contribution in [2.45, 2.75) is 13.1 Å². The molecule has 3 aromatic carbocycles. The van der Waals surface area contributed by atoms with Crippen molar-refractivity contribution >= 4 is 28.5 Å². The lowest BCUT2D eigenvalue weighted by atomic mass is 10.1. The number of amides is 1. The van der Waals surface area contributed by atoms with Gasteiger partial charge in [-0.05, 0) is 23.8 Å². The smallest absolute Gasteiger partial charge is 0.327 e. The largest absolute Gasteiger partial charge is 0.611 e. The molecule has 0 spiro atoms. The molecule has 0 N–H and O–H groups in total. The molecule has 0 saturated carbocycles. The van der Waals surface area contributed by atoms with Crippen LogP contribution in [-0.2, 0) is 24.3 Å². The predicted octanol–water partition coefficient (Wildman–Crippen LogP) is 3.83. The second-order valence-electron chi connectivity index (χ2n) is 6.83. The highest BCUT2D eigenvalue weighted by Crippen LogP contribution is 2.38. The van der Waals surface area contributed by atoms with Gasteiger partial charge in [-0.2, -0.15) is 4.21 Å². The van der Waals surface area contributed by atoms with E-state index < -0.39 is 26.1 Å². The van der Waals surface area contributed by atoms with E-state index >= 15 is 0 Å². The lowest BCUT2D eigenvalue weighted by Gasteiger charge is -2.45. The number of non-ortho nitro benzene ring substituents is 1. The molecule has 9 heteroatoms. The van der Waals surface area contributed by atoms with Gasteiger partial charge in [-0.15, -0.1) is 0 Å². The molecule has 8 nitrogen and oxygen atoms in total. The van der Waals surface area contributed by atoms with Gasteiger partial charge in [0.05, 0.1) is 11.5 Å². The Bertz CT molecular complexity index is 1140. The van der Waals surface area contributed by atoms with Crippen LogP contribution >= 0.6 is 0 Å². The normalized spacial score (nSPS) is 20.6. The van der Waals surface area contributed by atoms with Crippen molar-refractivity contribution < 1.29 is 13.9 Å². The van der Waals surface area contributed by atoms with Gasteiger partial charge in [0.25, 0.3) is 11.6 Å². The van der Waals surface area contributed by atoms with Gasteiger partial charge < -0.3 is 5.21 Å². The van der Waals surface area contributed by atoms with Gasteiger partial charge in [-0.25, -0.2) is 8.36 Å². The molecule has 2 unspecified atom stereocenters. The Morgan fingerprint density at radius 2 is 1.53 bits per heavy atom. The van der Waals surface area contributed by atoms with Gasteiger partial charge in [0.1, 0.15) is 12.1 Å². The molecule has 152 valence electrons. The number of nitro benzene ring substituents is 1. The van der Waals surface area contributed by atoms with E-state index in [2.05, 4.69) is 0 Å². The van der Waals surface area contributed by atoms with Crippen molar-refractivity contribution in [3.63, 3.8) is 0 Å². The average Bonchev–Trinajstić information content (AvgIpc) is 2.77. The van der Waals surface area contributed by atoms with Gasteiger partial charge >= 0.3 is 11.2 Å². The second kappa shape index (κ2) is 7.79. The number of benzene rings is 3. The van der Waals surface area contributed by atoms with E-state index in [0.717, 1.165) is 9.87 Å². The molecule has 2 atom stereocenters. The number of hydroxylamine groups is 1. The van der Waals surface area contributed by atoms with E-state index in [9.17, 15) is 24.3 Å². The molecule has 1 aliphatic heterocycles. The van der Waals surface area contributed by atoms with Crippen LogP contribution in [0.1, 0.15) is 21.5 Å². The molecular formula is C21H17N3O5S. The van der Waals surface area contributed by atoms with Gasteiger partial charge in [-0.3, -0.25) is 14.9 Å². The van der Waals surface area contributed by atoms with E-state index in [0.29, 0.717) is 5.56 Å². The number of quaternary nitrogens is 1. The number of carbonyl (C=O) groups excluding carboxylic acids is 1. The fourth-order valence-corrected chi connectivity index (χ4v) is 4.79. The van der Waals surface area contributed by atoms with Crippen molar-refractivity contribution in [3.8, 4) is 0 Å². The van der Waals surface area contributed by atoms with Crippen LogP contribution in [-0.4, -0.2) is 19.3 Å². The first-order valence-corrected chi connectivity index (χ1v) is 10.2.